The number of rotatable bonds is 2. The minimum Gasteiger partial charge on any atom is -0.0898 e. The average Bonchev–Trinajstić information content (AvgIpc) is 2.25. The van der Waals surface area contributed by atoms with Crippen LogP contribution in [0.5, 0.6) is 0 Å². The van der Waals surface area contributed by atoms with E-state index in [-0.39, 0.29) is 0 Å². The zero-order valence-corrected chi connectivity index (χ0v) is 9.84. The largest absolute Gasteiger partial charge is 0.0898 e. The van der Waals surface area contributed by atoms with Gasteiger partial charge in [-0.15, -0.1) is 0 Å². The zero-order valence-electron chi connectivity index (χ0n) is 9.03. The molecule has 0 aliphatic rings. The van der Waals surface area contributed by atoms with Crippen molar-refractivity contribution in [2.24, 2.45) is 0 Å². The molecule has 2 aromatic rings. The molecule has 2 aromatic carbocycles. The monoisotopic (exact) mass is 214 g/mol. The topological polar surface area (TPSA) is 0 Å². The Hall–Kier alpha value is -1.21. The van der Waals surface area contributed by atoms with Gasteiger partial charge in [0.15, 0.2) is 0 Å². The van der Waals surface area contributed by atoms with E-state index in [1.54, 1.807) is 0 Å². The maximum atomic E-state index is 2.24. The van der Waals surface area contributed by atoms with E-state index >= 15 is 0 Å². The van der Waals surface area contributed by atoms with Crippen molar-refractivity contribution in [2.45, 2.75) is 23.6 Å². The van der Waals surface area contributed by atoms with Gasteiger partial charge in [0.05, 0.1) is 0 Å². The van der Waals surface area contributed by atoms with E-state index in [0.29, 0.717) is 0 Å². The molecule has 0 aromatic heterocycles. The molecule has 15 heavy (non-hydrogen) atoms. The van der Waals surface area contributed by atoms with Gasteiger partial charge >= 0.3 is 0 Å². The van der Waals surface area contributed by atoms with Gasteiger partial charge in [-0.25, -0.2) is 0 Å². The summed E-state index contributed by atoms with van der Waals surface area (Å²) < 4.78 is 0. The molecule has 0 amide bonds. The molecule has 0 saturated heterocycles. The normalized spacial score (nSPS) is 10.3. The maximum Gasteiger partial charge on any atom is 0.0154 e. The van der Waals surface area contributed by atoms with E-state index in [2.05, 4.69) is 56.3 Å². The fourth-order valence-electron chi connectivity index (χ4n) is 1.43. The molecular weight excluding hydrogens is 200 g/mol. The quantitative estimate of drug-likeness (QED) is 0.711. The van der Waals surface area contributed by atoms with Crippen LogP contribution in [0.2, 0.25) is 0 Å². The van der Waals surface area contributed by atoms with Gasteiger partial charge in [0.1, 0.15) is 0 Å². The van der Waals surface area contributed by atoms with Gasteiger partial charge in [0.2, 0.25) is 0 Å². The van der Waals surface area contributed by atoms with Crippen molar-refractivity contribution < 1.29 is 0 Å². The Labute approximate surface area is 95.3 Å². The molecule has 0 aliphatic carbocycles. The summed E-state index contributed by atoms with van der Waals surface area (Å²) in [7, 11) is 0. The number of benzene rings is 2. The predicted octanol–water partition coefficient (Wildman–Crippen LogP) is 4.45. The van der Waals surface area contributed by atoms with Gasteiger partial charge < -0.3 is 0 Å². The Morgan fingerprint density at radius 2 is 1.60 bits per heavy atom. The lowest BCUT2D eigenvalue weighted by atomic mass is 10.2. The smallest absolute Gasteiger partial charge is 0.0154 e. The number of hydrogen-bond donors (Lipinski definition) is 0. The van der Waals surface area contributed by atoms with E-state index in [1.807, 2.05) is 17.8 Å². The summed E-state index contributed by atoms with van der Waals surface area (Å²) in [5.74, 6) is 0. The molecule has 76 valence electrons. The molecule has 0 unspecified atom stereocenters. The molecule has 0 spiro atoms. The van der Waals surface area contributed by atoms with Gasteiger partial charge in [-0.3, -0.25) is 0 Å². The molecule has 0 nitrogen and oxygen atoms in total. The van der Waals surface area contributed by atoms with Crippen molar-refractivity contribution in [3.05, 3.63) is 59.7 Å². The second-order valence-electron chi connectivity index (χ2n) is 3.68. The lowest BCUT2D eigenvalue weighted by Gasteiger charge is -2.06. The summed E-state index contributed by atoms with van der Waals surface area (Å²) in [6.07, 6.45) is 0. The van der Waals surface area contributed by atoms with Crippen molar-refractivity contribution in [3.63, 3.8) is 0 Å². The third kappa shape index (κ3) is 2.63. The standard InChI is InChI=1S/C14H14S/c1-11-8-9-12(2)14(10-11)15-13-6-4-3-5-7-13/h3-10H,1-2H3. The van der Waals surface area contributed by atoms with Crippen LogP contribution >= 0.6 is 11.8 Å². The van der Waals surface area contributed by atoms with E-state index < -0.39 is 0 Å². The first-order valence-corrected chi connectivity index (χ1v) is 5.87. The molecule has 0 bridgehead atoms. The Kier molecular flexibility index (Phi) is 3.12. The molecule has 1 heteroatoms. The summed E-state index contributed by atoms with van der Waals surface area (Å²) in [5.41, 5.74) is 2.66. The highest BCUT2D eigenvalue weighted by Crippen LogP contribution is 2.30. The van der Waals surface area contributed by atoms with Gasteiger partial charge in [-0.1, -0.05) is 42.1 Å². The van der Waals surface area contributed by atoms with E-state index in [0.717, 1.165) is 0 Å². The molecule has 0 fully saturated rings. The summed E-state index contributed by atoms with van der Waals surface area (Å²) in [6, 6.07) is 17.1. The van der Waals surface area contributed by atoms with Crippen LogP contribution in [-0.4, -0.2) is 0 Å². The average molecular weight is 214 g/mol. The number of hydrogen-bond acceptors (Lipinski definition) is 1. The lowest BCUT2D eigenvalue weighted by Crippen LogP contribution is -1.81. The van der Waals surface area contributed by atoms with Crippen LogP contribution in [0.3, 0.4) is 0 Å². The molecule has 0 saturated carbocycles. The third-order valence-electron chi connectivity index (χ3n) is 2.31. The van der Waals surface area contributed by atoms with Crippen molar-refractivity contribution >= 4 is 11.8 Å². The lowest BCUT2D eigenvalue weighted by molar-refractivity contribution is 1.25. The van der Waals surface area contributed by atoms with Crippen LogP contribution < -0.4 is 0 Å². The third-order valence-corrected chi connectivity index (χ3v) is 3.48. The summed E-state index contributed by atoms with van der Waals surface area (Å²) in [6.45, 7) is 4.29. The van der Waals surface area contributed by atoms with Gasteiger partial charge in [0.25, 0.3) is 0 Å². The fourth-order valence-corrected chi connectivity index (χ4v) is 2.45. The Morgan fingerprint density at radius 1 is 0.867 bits per heavy atom. The second kappa shape index (κ2) is 4.54. The second-order valence-corrected chi connectivity index (χ2v) is 4.80. The first-order chi connectivity index (χ1) is 7.25. The molecule has 0 heterocycles. The summed E-state index contributed by atoms with van der Waals surface area (Å²) in [4.78, 5) is 2.65. The van der Waals surface area contributed by atoms with Gasteiger partial charge in [-0.05, 0) is 43.2 Å². The molecule has 0 atom stereocenters. The van der Waals surface area contributed by atoms with Crippen LogP contribution in [0.15, 0.2) is 58.3 Å². The highest BCUT2D eigenvalue weighted by molar-refractivity contribution is 7.99. The predicted molar refractivity (Wildman–Crippen MR) is 66.5 cm³/mol. The molecule has 2 rings (SSSR count). The van der Waals surface area contributed by atoms with Crippen molar-refractivity contribution in [1.82, 2.24) is 0 Å². The summed E-state index contributed by atoms with van der Waals surface area (Å²) >= 11 is 1.83. The van der Waals surface area contributed by atoms with E-state index in [4.69, 9.17) is 0 Å². The highest BCUT2D eigenvalue weighted by Gasteiger charge is 2.00. The Balaban J connectivity index is 2.28. The van der Waals surface area contributed by atoms with E-state index in [9.17, 15) is 0 Å². The number of aryl methyl sites for hydroxylation is 2. The first kappa shape index (κ1) is 10.3. The first-order valence-electron chi connectivity index (χ1n) is 5.06. The van der Waals surface area contributed by atoms with Gasteiger partial charge in [0, 0.05) is 9.79 Å². The van der Waals surface area contributed by atoms with Crippen molar-refractivity contribution in [3.8, 4) is 0 Å². The fraction of sp³-hybridized carbons (Fsp3) is 0.143. The Morgan fingerprint density at radius 3 is 2.33 bits per heavy atom. The molecule has 0 radical (unpaired) electrons. The minimum atomic E-state index is 1.30. The molecule has 0 N–H and O–H groups in total. The van der Waals surface area contributed by atoms with Crippen molar-refractivity contribution in [2.75, 3.05) is 0 Å². The van der Waals surface area contributed by atoms with Crippen LogP contribution in [0, 0.1) is 13.8 Å². The van der Waals surface area contributed by atoms with Crippen LogP contribution in [0.1, 0.15) is 11.1 Å². The minimum absolute atomic E-state index is 1.30. The SMILES string of the molecule is Cc1ccc(C)c(Sc2ccccc2)c1. The van der Waals surface area contributed by atoms with Crippen LogP contribution in [0.25, 0.3) is 0 Å². The molecular formula is C14H14S. The van der Waals surface area contributed by atoms with E-state index in [1.165, 1.54) is 20.9 Å². The summed E-state index contributed by atoms with van der Waals surface area (Å²) in [5, 5.41) is 0. The van der Waals surface area contributed by atoms with Crippen LogP contribution in [-0.2, 0) is 0 Å². The maximum absolute atomic E-state index is 2.24. The van der Waals surface area contributed by atoms with Crippen LogP contribution in [0.4, 0.5) is 0 Å². The zero-order chi connectivity index (χ0) is 10.7. The van der Waals surface area contributed by atoms with Gasteiger partial charge in [-0.2, -0.15) is 0 Å². The van der Waals surface area contributed by atoms with Crippen molar-refractivity contribution in [1.29, 1.82) is 0 Å². The highest BCUT2D eigenvalue weighted by atomic mass is 32.2. The Bertz CT molecular complexity index is 446. The molecule has 0 aliphatic heterocycles.